The van der Waals surface area contributed by atoms with E-state index in [0.717, 1.165) is 41.5 Å². The first-order chi connectivity index (χ1) is 15.9. The van der Waals surface area contributed by atoms with Crippen LogP contribution in [0.2, 0.25) is 0 Å². The number of rotatable bonds is 8. The summed E-state index contributed by atoms with van der Waals surface area (Å²) in [7, 11) is -1.87. The SMILES string of the molecule is CCC(C(=O)NCc1ccc(OC)cc1)n1ccc2cc(S(=O)(=O)N3CCCCC3)ccc21. The second-order valence-corrected chi connectivity index (χ2v) is 10.3. The molecule has 1 aliphatic rings. The highest BCUT2D eigenvalue weighted by Gasteiger charge is 2.27. The molecule has 0 spiro atoms. The molecule has 0 radical (unpaired) electrons. The van der Waals surface area contributed by atoms with Gasteiger partial charge in [0.2, 0.25) is 15.9 Å². The molecule has 1 atom stereocenters. The Morgan fingerprint density at radius 2 is 1.79 bits per heavy atom. The summed E-state index contributed by atoms with van der Waals surface area (Å²) in [5, 5.41) is 3.83. The predicted molar refractivity (Wildman–Crippen MR) is 129 cm³/mol. The fourth-order valence-electron chi connectivity index (χ4n) is 4.39. The summed E-state index contributed by atoms with van der Waals surface area (Å²) < 4.78 is 34.8. The molecule has 1 unspecified atom stereocenters. The summed E-state index contributed by atoms with van der Waals surface area (Å²) in [6.45, 7) is 3.55. The molecule has 1 aromatic heterocycles. The number of sulfonamides is 1. The van der Waals surface area contributed by atoms with E-state index in [1.165, 1.54) is 0 Å². The molecule has 2 aromatic carbocycles. The molecule has 1 saturated heterocycles. The third-order valence-electron chi connectivity index (χ3n) is 6.30. The van der Waals surface area contributed by atoms with Gasteiger partial charge in [-0.1, -0.05) is 25.5 Å². The highest BCUT2D eigenvalue weighted by atomic mass is 32.2. The first-order valence-electron chi connectivity index (χ1n) is 11.5. The van der Waals surface area contributed by atoms with E-state index in [-0.39, 0.29) is 11.9 Å². The number of hydrogen-bond donors (Lipinski definition) is 1. The maximum Gasteiger partial charge on any atom is 0.243 e. The smallest absolute Gasteiger partial charge is 0.243 e. The molecule has 3 aromatic rings. The zero-order valence-electron chi connectivity index (χ0n) is 19.2. The lowest BCUT2D eigenvalue weighted by Gasteiger charge is -2.26. The van der Waals surface area contributed by atoms with Crippen molar-refractivity contribution in [1.29, 1.82) is 0 Å². The van der Waals surface area contributed by atoms with Crippen molar-refractivity contribution < 1.29 is 17.9 Å². The van der Waals surface area contributed by atoms with Gasteiger partial charge in [0.25, 0.3) is 0 Å². The van der Waals surface area contributed by atoms with E-state index >= 15 is 0 Å². The van der Waals surface area contributed by atoms with Gasteiger partial charge < -0.3 is 14.6 Å². The van der Waals surface area contributed by atoms with Gasteiger partial charge in [-0.3, -0.25) is 4.79 Å². The number of ether oxygens (including phenoxy) is 1. The van der Waals surface area contributed by atoms with Crippen LogP contribution in [-0.2, 0) is 21.4 Å². The molecule has 1 fully saturated rings. The Labute approximate surface area is 195 Å². The highest BCUT2D eigenvalue weighted by molar-refractivity contribution is 7.89. The number of amides is 1. The van der Waals surface area contributed by atoms with Crippen molar-refractivity contribution in [3.8, 4) is 5.75 Å². The summed E-state index contributed by atoms with van der Waals surface area (Å²) in [5.74, 6) is 0.702. The minimum absolute atomic E-state index is 0.0733. The van der Waals surface area contributed by atoms with E-state index in [4.69, 9.17) is 4.74 Å². The molecular formula is C25H31N3O4S. The second kappa shape index (κ2) is 9.97. The maximum absolute atomic E-state index is 13.0. The van der Waals surface area contributed by atoms with Crippen molar-refractivity contribution in [2.45, 2.75) is 50.1 Å². The topological polar surface area (TPSA) is 80.6 Å². The lowest BCUT2D eigenvalue weighted by Crippen LogP contribution is -2.35. The van der Waals surface area contributed by atoms with Crippen molar-refractivity contribution in [3.05, 3.63) is 60.3 Å². The Bertz CT molecular complexity index is 1210. The van der Waals surface area contributed by atoms with Gasteiger partial charge in [0.15, 0.2) is 0 Å². The molecule has 1 aliphatic heterocycles. The number of hydrogen-bond acceptors (Lipinski definition) is 4. The van der Waals surface area contributed by atoms with E-state index in [1.54, 1.807) is 23.5 Å². The number of aromatic nitrogens is 1. The number of fused-ring (bicyclic) bond motifs is 1. The van der Waals surface area contributed by atoms with Crippen LogP contribution in [0, 0.1) is 0 Å². The monoisotopic (exact) mass is 469 g/mol. The molecule has 176 valence electrons. The van der Waals surface area contributed by atoms with Gasteiger partial charge in [-0.05, 0) is 61.2 Å². The van der Waals surface area contributed by atoms with Crippen LogP contribution in [0.25, 0.3) is 10.9 Å². The third-order valence-corrected chi connectivity index (χ3v) is 8.19. The van der Waals surface area contributed by atoms with Crippen LogP contribution in [0.1, 0.15) is 44.2 Å². The Kier molecular flexibility index (Phi) is 7.05. The molecule has 8 heteroatoms. The zero-order chi connectivity index (χ0) is 23.4. The van der Waals surface area contributed by atoms with Crippen molar-refractivity contribution in [3.63, 3.8) is 0 Å². The molecule has 4 rings (SSSR count). The van der Waals surface area contributed by atoms with Crippen LogP contribution in [0.5, 0.6) is 5.75 Å². The maximum atomic E-state index is 13.0. The molecule has 1 amide bonds. The fourth-order valence-corrected chi connectivity index (χ4v) is 5.94. The minimum atomic E-state index is -3.49. The lowest BCUT2D eigenvalue weighted by atomic mass is 10.1. The Morgan fingerprint density at radius 1 is 1.06 bits per heavy atom. The van der Waals surface area contributed by atoms with E-state index < -0.39 is 10.0 Å². The number of nitrogens with zero attached hydrogens (tertiary/aromatic N) is 2. The molecular weight excluding hydrogens is 438 g/mol. The lowest BCUT2D eigenvalue weighted by molar-refractivity contribution is -0.124. The number of benzene rings is 2. The van der Waals surface area contributed by atoms with Crippen LogP contribution in [0.4, 0.5) is 0 Å². The van der Waals surface area contributed by atoms with Gasteiger partial charge in [0, 0.05) is 36.7 Å². The minimum Gasteiger partial charge on any atom is -0.497 e. The van der Waals surface area contributed by atoms with Crippen LogP contribution in [0.3, 0.4) is 0 Å². The molecule has 1 N–H and O–H groups in total. The highest BCUT2D eigenvalue weighted by Crippen LogP contribution is 2.27. The molecule has 33 heavy (non-hydrogen) atoms. The fraction of sp³-hybridized carbons (Fsp3) is 0.400. The van der Waals surface area contributed by atoms with Crippen molar-refractivity contribution in [1.82, 2.24) is 14.2 Å². The summed E-state index contributed by atoms with van der Waals surface area (Å²) in [6, 6.07) is 14.3. The van der Waals surface area contributed by atoms with Gasteiger partial charge in [-0.2, -0.15) is 4.31 Å². The Morgan fingerprint density at radius 3 is 2.45 bits per heavy atom. The summed E-state index contributed by atoms with van der Waals surface area (Å²) >= 11 is 0. The van der Waals surface area contributed by atoms with Crippen LogP contribution in [0.15, 0.2) is 59.6 Å². The molecule has 7 nitrogen and oxygen atoms in total. The standard InChI is InChI=1S/C25H31N3O4S/c1-3-23(25(29)26-18-19-7-9-21(32-2)10-8-19)28-16-13-20-17-22(11-12-24(20)28)33(30,31)27-14-5-4-6-15-27/h7-13,16-17,23H,3-6,14-15,18H2,1-2H3,(H,26,29). The largest absolute Gasteiger partial charge is 0.497 e. The summed E-state index contributed by atoms with van der Waals surface area (Å²) in [4.78, 5) is 13.3. The van der Waals surface area contributed by atoms with Crippen molar-refractivity contribution in [2.24, 2.45) is 0 Å². The van der Waals surface area contributed by atoms with E-state index in [1.807, 2.05) is 54.1 Å². The first kappa shape index (κ1) is 23.3. The number of carbonyl (C=O) groups is 1. The number of carbonyl (C=O) groups excluding carboxylic acids is 1. The zero-order valence-corrected chi connectivity index (χ0v) is 20.0. The second-order valence-electron chi connectivity index (χ2n) is 8.40. The normalized spacial score (nSPS) is 15.9. The van der Waals surface area contributed by atoms with Crippen molar-refractivity contribution in [2.75, 3.05) is 20.2 Å². The summed E-state index contributed by atoms with van der Waals surface area (Å²) in [6.07, 6.45) is 5.37. The molecule has 0 bridgehead atoms. The van der Waals surface area contributed by atoms with Crippen LogP contribution in [-0.4, -0.2) is 43.4 Å². The first-order valence-corrected chi connectivity index (χ1v) is 12.9. The predicted octanol–water partition coefficient (Wildman–Crippen LogP) is 4.09. The average Bonchev–Trinajstić information content (AvgIpc) is 3.27. The summed E-state index contributed by atoms with van der Waals surface area (Å²) in [5.41, 5.74) is 1.84. The van der Waals surface area contributed by atoms with Gasteiger partial charge in [0.05, 0.1) is 12.0 Å². The van der Waals surface area contributed by atoms with Gasteiger partial charge in [0.1, 0.15) is 11.8 Å². The molecule has 0 aliphatic carbocycles. The quantitative estimate of drug-likeness (QED) is 0.539. The molecule has 0 saturated carbocycles. The third kappa shape index (κ3) is 4.91. The van der Waals surface area contributed by atoms with Crippen LogP contribution >= 0.6 is 0 Å². The number of piperidine rings is 1. The van der Waals surface area contributed by atoms with Gasteiger partial charge in [-0.25, -0.2) is 8.42 Å². The Hall–Kier alpha value is -2.84. The van der Waals surface area contributed by atoms with E-state index in [0.29, 0.717) is 31.0 Å². The Balaban J connectivity index is 1.52. The average molecular weight is 470 g/mol. The van der Waals surface area contributed by atoms with E-state index in [9.17, 15) is 13.2 Å². The van der Waals surface area contributed by atoms with Crippen LogP contribution < -0.4 is 10.1 Å². The molecule has 2 heterocycles. The number of nitrogens with one attached hydrogen (secondary N) is 1. The van der Waals surface area contributed by atoms with Gasteiger partial charge in [-0.15, -0.1) is 0 Å². The van der Waals surface area contributed by atoms with Gasteiger partial charge >= 0.3 is 0 Å². The number of methoxy groups -OCH3 is 1. The van der Waals surface area contributed by atoms with Crippen molar-refractivity contribution >= 4 is 26.8 Å². The van der Waals surface area contributed by atoms with E-state index in [2.05, 4.69) is 5.32 Å².